The minimum absolute atomic E-state index is 0.0257. The molecule has 1 aliphatic rings. The molecule has 1 aromatic rings. The summed E-state index contributed by atoms with van der Waals surface area (Å²) in [4.78, 5) is 20.9. The summed E-state index contributed by atoms with van der Waals surface area (Å²) in [6.07, 6.45) is 4.49. The van der Waals surface area contributed by atoms with E-state index in [-0.39, 0.29) is 6.03 Å². The van der Waals surface area contributed by atoms with Crippen molar-refractivity contribution in [3.63, 3.8) is 0 Å². The number of piperazine rings is 1. The fraction of sp³-hybridized carbons (Fsp3) is 0.647. The highest BCUT2D eigenvalue weighted by atomic mass is 16.5. The van der Waals surface area contributed by atoms with Gasteiger partial charge in [-0.3, -0.25) is 9.88 Å². The van der Waals surface area contributed by atoms with Gasteiger partial charge in [-0.15, -0.1) is 0 Å². The standard InChI is InChI=1S/C17H28N4O2/c1-4-15-13-21(9-8-20(15)10-11-23-5-2)17(22)19-16-6-7-18-12-14(16)3/h6-7,12,15H,4-5,8-11,13H2,1-3H3,(H,18,19,22)/t15-/m0/s1. The number of pyridine rings is 1. The van der Waals surface area contributed by atoms with Crippen LogP contribution in [0.4, 0.5) is 10.5 Å². The summed E-state index contributed by atoms with van der Waals surface area (Å²) in [6.45, 7) is 11.0. The SMILES string of the molecule is CCOCCN1CCN(C(=O)Nc2ccncc2C)C[C@@H]1CC. The second-order valence-corrected chi connectivity index (χ2v) is 5.86. The first-order valence-electron chi connectivity index (χ1n) is 8.44. The Bertz CT molecular complexity index is 509. The summed E-state index contributed by atoms with van der Waals surface area (Å²) in [5, 5.41) is 3.00. The van der Waals surface area contributed by atoms with E-state index < -0.39 is 0 Å². The number of anilines is 1. The third-order valence-corrected chi connectivity index (χ3v) is 4.35. The van der Waals surface area contributed by atoms with E-state index in [1.165, 1.54) is 0 Å². The van der Waals surface area contributed by atoms with Crippen LogP contribution in [0.5, 0.6) is 0 Å². The van der Waals surface area contributed by atoms with Crippen molar-refractivity contribution in [2.75, 3.05) is 44.7 Å². The molecule has 0 spiro atoms. The number of carbonyl (C=O) groups excluding carboxylic acids is 1. The number of carbonyl (C=O) groups is 1. The quantitative estimate of drug-likeness (QED) is 0.818. The van der Waals surface area contributed by atoms with Crippen LogP contribution in [0.2, 0.25) is 0 Å². The molecule has 6 nitrogen and oxygen atoms in total. The molecule has 1 N–H and O–H groups in total. The van der Waals surface area contributed by atoms with E-state index in [2.05, 4.69) is 22.1 Å². The molecule has 1 atom stereocenters. The van der Waals surface area contributed by atoms with Crippen LogP contribution < -0.4 is 5.32 Å². The molecule has 0 unspecified atom stereocenters. The molecule has 0 saturated carbocycles. The van der Waals surface area contributed by atoms with E-state index in [0.717, 1.165) is 57.1 Å². The van der Waals surface area contributed by atoms with Crippen molar-refractivity contribution in [1.82, 2.24) is 14.8 Å². The first-order valence-corrected chi connectivity index (χ1v) is 8.44. The summed E-state index contributed by atoms with van der Waals surface area (Å²) in [5.41, 5.74) is 1.81. The van der Waals surface area contributed by atoms with Crippen LogP contribution in [-0.2, 0) is 4.74 Å². The monoisotopic (exact) mass is 320 g/mol. The van der Waals surface area contributed by atoms with Crippen molar-refractivity contribution < 1.29 is 9.53 Å². The van der Waals surface area contributed by atoms with E-state index in [0.29, 0.717) is 6.04 Å². The number of nitrogens with zero attached hydrogens (tertiary/aromatic N) is 3. The third-order valence-electron chi connectivity index (χ3n) is 4.35. The van der Waals surface area contributed by atoms with Crippen molar-refractivity contribution in [2.24, 2.45) is 0 Å². The Hall–Kier alpha value is -1.66. The Kier molecular flexibility index (Phi) is 6.80. The Balaban J connectivity index is 1.89. The zero-order chi connectivity index (χ0) is 16.7. The number of amides is 2. The minimum atomic E-state index is -0.0257. The second-order valence-electron chi connectivity index (χ2n) is 5.86. The largest absolute Gasteiger partial charge is 0.380 e. The van der Waals surface area contributed by atoms with Gasteiger partial charge in [0.05, 0.1) is 6.61 Å². The zero-order valence-corrected chi connectivity index (χ0v) is 14.4. The normalized spacial score (nSPS) is 18.9. The fourth-order valence-corrected chi connectivity index (χ4v) is 2.89. The van der Waals surface area contributed by atoms with Gasteiger partial charge >= 0.3 is 6.03 Å². The first kappa shape index (κ1) is 17.7. The Morgan fingerprint density at radius 3 is 2.96 bits per heavy atom. The molecule has 6 heteroatoms. The lowest BCUT2D eigenvalue weighted by atomic mass is 10.1. The highest BCUT2D eigenvalue weighted by Gasteiger charge is 2.28. The maximum absolute atomic E-state index is 12.5. The molecule has 128 valence electrons. The van der Waals surface area contributed by atoms with Crippen LogP contribution in [0.25, 0.3) is 0 Å². The van der Waals surface area contributed by atoms with Gasteiger partial charge < -0.3 is 15.0 Å². The van der Waals surface area contributed by atoms with E-state index in [1.807, 2.05) is 24.8 Å². The maximum Gasteiger partial charge on any atom is 0.321 e. The minimum Gasteiger partial charge on any atom is -0.380 e. The van der Waals surface area contributed by atoms with Crippen molar-refractivity contribution in [3.8, 4) is 0 Å². The molecule has 23 heavy (non-hydrogen) atoms. The van der Waals surface area contributed by atoms with Gasteiger partial charge in [0.1, 0.15) is 0 Å². The van der Waals surface area contributed by atoms with Gasteiger partial charge in [0, 0.05) is 56.9 Å². The molecule has 2 amide bonds. The Morgan fingerprint density at radius 2 is 2.26 bits per heavy atom. The number of urea groups is 1. The molecule has 0 aromatic carbocycles. The lowest BCUT2D eigenvalue weighted by molar-refractivity contribution is 0.0545. The molecular weight excluding hydrogens is 292 g/mol. The van der Waals surface area contributed by atoms with E-state index in [1.54, 1.807) is 12.4 Å². The lowest BCUT2D eigenvalue weighted by Gasteiger charge is -2.41. The summed E-state index contributed by atoms with van der Waals surface area (Å²) < 4.78 is 5.46. The van der Waals surface area contributed by atoms with Gasteiger partial charge in [0.25, 0.3) is 0 Å². The third kappa shape index (κ3) is 4.91. The molecule has 2 rings (SSSR count). The van der Waals surface area contributed by atoms with E-state index >= 15 is 0 Å². The van der Waals surface area contributed by atoms with Crippen LogP contribution in [0.15, 0.2) is 18.5 Å². The number of hydrogen-bond acceptors (Lipinski definition) is 4. The maximum atomic E-state index is 12.5. The van der Waals surface area contributed by atoms with E-state index in [9.17, 15) is 4.79 Å². The second kappa shape index (κ2) is 8.84. The Morgan fingerprint density at radius 1 is 1.43 bits per heavy atom. The average Bonchev–Trinajstić information content (AvgIpc) is 2.57. The number of nitrogens with one attached hydrogen (secondary N) is 1. The topological polar surface area (TPSA) is 57.7 Å². The molecule has 1 fully saturated rings. The first-order chi connectivity index (χ1) is 11.2. The van der Waals surface area contributed by atoms with Gasteiger partial charge in [-0.1, -0.05) is 6.92 Å². The summed E-state index contributed by atoms with van der Waals surface area (Å²) >= 11 is 0. The molecule has 1 aromatic heterocycles. The smallest absolute Gasteiger partial charge is 0.321 e. The lowest BCUT2D eigenvalue weighted by Crippen LogP contribution is -2.56. The number of hydrogen-bond donors (Lipinski definition) is 1. The van der Waals surface area contributed by atoms with Crippen molar-refractivity contribution >= 4 is 11.7 Å². The average molecular weight is 320 g/mol. The number of rotatable bonds is 6. The highest BCUT2D eigenvalue weighted by Crippen LogP contribution is 2.16. The predicted octanol–water partition coefficient (Wildman–Crippen LogP) is 2.35. The highest BCUT2D eigenvalue weighted by molar-refractivity contribution is 5.90. The van der Waals surface area contributed by atoms with E-state index in [4.69, 9.17) is 4.74 Å². The summed E-state index contributed by atoms with van der Waals surface area (Å²) in [7, 11) is 0. The van der Waals surface area contributed by atoms with Gasteiger partial charge in [-0.25, -0.2) is 4.79 Å². The Labute approximate surface area is 138 Å². The molecule has 0 radical (unpaired) electrons. The van der Waals surface area contributed by atoms with Crippen LogP contribution in [-0.4, -0.2) is 66.2 Å². The van der Waals surface area contributed by atoms with Crippen LogP contribution in [0.3, 0.4) is 0 Å². The fourth-order valence-electron chi connectivity index (χ4n) is 2.89. The predicted molar refractivity (Wildman–Crippen MR) is 91.7 cm³/mol. The van der Waals surface area contributed by atoms with Crippen LogP contribution in [0.1, 0.15) is 25.8 Å². The molecule has 2 heterocycles. The number of ether oxygens (including phenoxy) is 1. The van der Waals surface area contributed by atoms with Gasteiger partial charge in [0.15, 0.2) is 0 Å². The number of aryl methyl sites for hydroxylation is 1. The van der Waals surface area contributed by atoms with Gasteiger partial charge in [-0.05, 0) is 31.9 Å². The molecular formula is C17H28N4O2. The molecule has 1 aliphatic heterocycles. The van der Waals surface area contributed by atoms with Gasteiger partial charge in [0.2, 0.25) is 0 Å². The van der Waals surface area contributed by atoms with Crippen molar-refractivity contribution in [1.29, 1.82) is 0 Å². The van der Waals surface area contributed by atoms with Crippen LogP contribution >= 0.6 is 0 Å². The zero-order valence-electron chi connectivity index (χ0n) is 14.4. The summed E-state index contributed by atoms with van der Waals surface area (Å²) in [6, 6.07) is 2.21. The molecule has 0 bridgehead atoms. The van der Waals surface area contributed by atoms with Gasteiger partial charge in [-0.2, -0.15) is 0 Å². The number of aromatic nitrogens is 1. The van der Waals surface area contributed by atoms with Crippen molar-refractivity contribution in [3.05, 3.63) is 24.0 Å². The molecule has 1 saturated heterocycles. The summed E-state index contributed by atoms with van der Waals surface area (Å²) in [5.74, 6) is 0. The molecule has 0 aliphatic carbocycles. The van der Waals surface area contributed by atoms with Crippen molar-refractivity contribution in [2.45, 2.75) is 33.2 Å². The van der Waals surface area contributed by atoms with Crippen LogP contribution in [0, 0.1) is 6.92 Å².